The van der Waals surface area contributed by atoms with Gasteiger partial charge in [0.25, 0.3) is 0 Å². The first-order valence-corrected chi connectivity index (χ1v) is 9.22. The Bertz CT molecular complexity index is 913. The molecule has 2 unspecified atom stereocenters. The van der Waals surface area contributed by atoms with Gasteiger partial charge >= 0.3 is 0 Å². The maximum Gasteiger partial charge on any atom is 0.148 e. The predicted molar refractivity (Wildman–Crippen MR) is 113 cm³/mol. The number of hydrogen-bond donors (Lipinski definition) is 1. The van der Waals surface area contributed by atoms with Crippen molar-refractivity contribution in [3.05, 3.63) is 114 Å². The summed E-state index contributed by atoms with van der Waals surface area (Å²) in [6.07, 6.45) is 5.06. The maximum absolute atomic E-state index is 10.8. The monoisotopic (exact) mass is 352 g/mol. The standard InChI is InChI=1S/C26H24O/c1-26(27,25-18-9-4-10-19-25)21-20-24(23-15-7-3-8-16-23)17-11-14-22-12-5-2-6-13-22/h2-16,18-19,24,27H,17H2,1H3/b14-11+. The summed E-state index contributed by atoms with van der Waals surface area (Å²) in [7, 11) is 0. The molecule has 0 amide bonds. The third-order valence-corrected chi connectivity index (χ3v) is 4.51. The maximum atomic E-state index is 10.8. The summed E-state index contributed by atoms with van der Waals surface area (Å²) in [5.74, 6) is 6.43. The van der Waals surface area contributed by atoms with E-state index in [4.69, 9.17) is 0 Å². The van der Waals surface area contributed by atoms with E-state index in [2.05, 4.69) is 48.3 Å². The second-order valence-electron chi connectivity index (χ2n) is 6.72. The molecule has 0 heterocycles. The Morgan fingerprint density at radius 3 is 2.04 bits per heavy atom. The van der Waals surface area contributed by atoms with Gasteiger partial charge in [0.05, 0.1) is 0 Å². The minimum Gasteiger partial charge on any atom is -0.374 e. The quantitative estimate of drug-likeness (QED) is 0.577. The zero-order valence-corrected chi connectivity index (χ0v) is 15.5. The molecule has 3 aromatic carbocycles. The van der Waals surface area contributed by atoms with Crippen molar-refractivity contribution >= 4 is 6.08 Å². The first-order valence-electron chi connectivity index (χ1n) is 9.22. The Kier molecular flexibility index (Phi) is 6.26. The lowest BCUT2D eigenvalue weighted by molar-refractivity contribution is 0.122. The molecule has 0 saturated carbocycles. The highest BCUT2D eigenvalue weighted by Gasteiger charge is 2.19. The van der Waals surface area contributed by atoms with Crippen molar-refractivity contribution in [3.8, 4) is 11.8 Å². The molecule has 3 rings (SSSR count). The normalized spacial score (nSPS) is 14.1. The molecule has 0 saturated heterocycles. The third kappa shape index (κ3) is 5.45. The van der Waals surface area contributed by atoms with Crippen LogP contribution >= 0.6 is 0 Å². The van der Waals surface area contributed by atoms with E-state index in [0.717, 1.165) is 17.5 Å². The number of rotatable bonds is 5. The van der Waals surface area contributed by atoms with E-state index >= 15 is 0 Å². The summed E-state index contributed by atoms with van der Waals surface area (Å²) >= 11 is 0. The van der Waals surface area contributed by atoms with Crippen LogP contribution in [0.2, 0.25) is 0 Å². The van der Waals surface area contributed by atoms with Crippen molar-refractivity contribution in [3.63, 3.8) is 0 Å². The van der Waals surface area contributed by atoms with E-state index in [1.165, 1.54) is 5.56 Å². The van der Waals surface area contributed by atoms with Gasteiger partial charge in [-0.15, -0.1) is 0 Å². The molecule has 0 aliphatic heterocycles. The van der Waals surface area contributed by atoms with Gasteiger partial charge in [-0.25, -0.2) is 0 Å². The van der Waals surface area contributed by atoms with Gasteiger partial charge in [-0.3, -0.25) is 0 Å². The summed E-state index contributed by atoms with van der Waals surface area (Å²) < 4.78 is 0. The van der Waals surface area contributed by atoms with E-state index in [0.29, 0.717) is 0 Å². The average molecular weight is 352 g/mol. The molecular formula is C26H24O. The molecule has 2 atom stereocenters. The van der Waals surface area contributed by atoms with Crippen LogP contribution in [0.5, 0.6) is 0 Å². The number of aliphatic hydroxyl groups is 1. The third-order valence-electron chi connectivity index (χ3n) is 4.51. The summed E-state index contributed by atoms with van der Waals surface area (Å²) in [6.45, 7) is 1.75. The smallest absolute Gasteiger partial charge is 0.148 e. The van der Waals surface area contributed by atoms with Gasteiger partial charge in [-0.05, 0) is 30.0 Å². The highest BCUT2D eigenvalue weighted by Crippen LogP contribution is 2.23. The van der Waals surface area contributed by atoms with Gasteiger partial charge in [0.1, 0.15) is 5.60 Å². The highest BCUT2D eigenvalue weighted by atomic mass is 16.3. The molecule has 0 radical (unpaired) electrons. The molecule has 0 aromatic heterocycles. The fraction of sp³-hybridized carbons (Fsp3) is 0.154. The molecule has 0 fully saturated rings. The van der Waals surface area contributed by atoms with Crippen molar-refractivity contribution in [2.75, 3.05) is 0 Å². The van der Waals surface area contributed by atoms with Gasteiger partial charge in [0.2, 0.25) is 0 Å². The van der Waals surface area contributed by atoms with E-state index < -0.39 is 5.60 Å². The van der Waals surface area contributed by atoms with Crippen LogP contribution in [0.25, 0.3) is 6.08 Å². The highest BCUT2D eigenvalue weighted by molar-refractivity contribution is 5.49. The lowest BCUT2D eigenvalue weighted by Crippen LogP contribution is -2.18. The Balaban J connectivity index is 1.82. The van der Waals surface area contributed by atoms with Gasteiger partial charge in [0.15, 0.2) is 0 Å². The molecule has 1 N–H and O–H groups in total. The SMILES string of the molecule is CC(O)(C#CC(C/C=C/c1ccccc1)c1ccccc1)c1ccccc1. The fourth-order valence-electron chi connectivity index (χ4n) is 2.93. The van der Waals surface area contributed by atoms with Gasteiger partial charge in [-0.2, -0.15) is 0 Å². The van der Waals surface area contributed by atoms with Crippen molar-refractivity contribution in [2.45, 2.75) is 24.9 Å². The molecule has 134 valence electrons. The molecule has 1 nitrogen and oxygen atoms in total. The molecule has 0 aliphatic carbocycles. The lowest BCUT2D eigenvalue weighted by Gasteiger charge is -2.17. The second-order valence-corrected chi connectivity index (χ2v) is 6.72. The minimum atomic E-state index is -1.17. The van der Waals surface area contributed by atoms with E-state index in [-0.39, 0.29) is 5.92 Å². The van der Waals surface area contributed by atoms with Gasteiger partial charge in [0, 0.05) is 5.92 Å². The molecule has 27 heavy (non-hydrogen) atoms. The number of allylic oxidation sites excluding steroid dienone is 1. The summed E-state index contributed by atoms with van der Waals surface area (Å²) in [5.41, 5.74) is 1.97. The Labute approximate surface area is 162 Å². The Morgan fingerprint density at radius 2 is 1.41 bits per heavy atom. The van der Waals surface area contributed by atoms with E-state index in [1.54, 1.807) is 6.92 Å². The summed E-state index contributed by atoms with van der Waals surface area (Å²) in [6, 6.07) is 30.1. The number of hydrogen-bond acceptors (Lipinski definition) is 1. The van der Waals surface area contributed by atoms with Crippen molar-refractivity contribution < 1.29 is 5.11 Å². The van der Waals surface area contributed by atoms with Gasteiger partial charge in [-0.1, -0.05) is 115 Å². The molecule has 1 heteroatoms. The second kappa shape index (κ2) is 9.03. The fourth-order valence-corrected chi connectivity index (χ4v) is 2.93. The number of benzene rings is 3. The zero-order chi connectivity index (χ0) is 19.0. The van der Waals surface area contributed by atoms with Crippen molar-refractivity contribution in [1.82, 2.24) is 0 Å². The van der Waals surface area contributed by atoms with Crippen LogP contribution in [-0.4, -0.2) is 5.11 Å². The average Bonchev–Trinajstić information content (AvgIpc) is 2.72. The van der Waals surface area contributed by atoms with Crippen LogP contribution < -0.4 is 0 Å². The van der Waals surface area contributed by atoms with Crippen LogP contribution in [0.1, 0.15) is 36.0 Å². The first kappa shape index (κ1) is 18.7. The van der Waals surface area contributed by atoms with Crippen LogP contribution in [-0.2, 0) is 5.60 Å². The van der Waals surface area contributed by atoms with E-state index in [1.807, 2.05) is 66.7 Å². The predicted octanol–water partition coefficient (Wildman–Crippen LogP) is 5.78. The van der Waals surface area contributed by atoms with Gasteiger partial charge < -0.3 is 5.11 Å². The largest absolute Gasteiger partial charge is 0.374 e. The van der Waals surface area contributed by atoms with Crippen LogP contribution in [0.4, 0.5) is 0 Å². The first-order chi connectivity index (χ1) is 13.1. The molecular weight excluding hydrogens is 328 g/mol. The van der Waals surface area contributed by atoms with Crippen LogP contribution in [0, 0.1) is 11.8 Å². The summed E-state index contributed by atoms with van der Waals surface area (Å²) in [4.78, 5) is 0. The van der Waals surface area contributed by atoms with Crippen LogP contribution in [0.15, 0.2) is 97.1 Å². The topological polar surface area (TPSA) is 20.2 Å². The summed E-state index contributed by atoms with van der Waals surface area (Å²) in [5, 5.41) is 10.8. The Hall–Kier alpha value is -3.08. The molecule has 0 aliphatic rings. The lowest BCUT2D eigenvalue weighted by atomic mass is 9.92. The molecule has 3 aromatic rings. The van der Waals surface area contributed by atoms with Crippen LogP contribution in [0.3, 0.4) is 0 Å². The molecule has 0 bridgehead atoms. The molecule has 0 spiro atoms. The Morgan fingerprint density at radius 1 is 0.852 bits per heavy atom. The van der Waals surface area contributed by atoms with Crippen molar-refractivity contribution in [2.24, 2.45) is 0 Å². The zero-order valence-electron chi connectivity index (χ0n) is 15.5. The minimum absolute atomic E-state index is 0.0290. The van der Waals surface area contributed by atoms with Crippen molar-refractivity contribution in [1.29, 1.82) is 0 Å². The van der Waals surface area contributed by atoms with E-state index in [9.17, 15) is 5.11 Å².